The van der Waals surface area contributed by atoms with Crippen LogP contribution in [0.5, 0.6) is 0 Å². The molecule has 9 nitrogen and oxygen atoms in total. The number of carbonyl (C=O) groups is 1. The zero-order chi connectivity index (χ0) is 23.2. The van der Waals surface area contributed by atoms with Crippen LogP contribution in [0.3, 0.4) is 0 Å². The van der Waals surface area contributed by atoms with Gasteiger partial charge in [-0.15, -0.1) is 5.10 Å². The van der Waals surface area contributed by atoms with Crippen LogP contribution in [-0.2, 0) is 19.5 Å². The SMILES string of the molecule is O=C(O)c1ccc(CCCCn2cc(-c3ccc(Cn4ccc(=O)[nH]c4=O)cc3)nn2)cc1. The fourth-order valence-corrected chi connectivity index (χ4v) is 3.50. The molecule has 168 valence electrons. The first kappa shape index (κ1) is 21.9. The fraction of sp³-hybridized carbons (Fsp3) is 0.208. The first-order chi connectivity index (χ1) is 16.0. The Hall–Kier alpha value is -4.27. The second kappa shape index (κ2) is 9.90. The van der Waals surface area contributed by atoms with Crippen molar-refractivity contribution in [3.05, 3.63) is 105 Å². The van der Waals surface area contributed by atoms with Gasteiger partial charge in [0.1, 0.15) is 5.69 Å². The summed E-state index contributed by atoms with van der Waals surface area (Å²) in [4.78, 5) is 36.2. The molecule has 0 fully saturated rings. The van der Waals surface area contributed by atoms with Crippen molar-refractivity contribution in [2.75, 3.05) is 0 Å². The van der Waals surface area contributed by atoms with Gasteiger partial charge in [-0.2, -0.15) is 0 Å². The number of carboxylic acids is 1. The number of carboxylic acid groups (broad SMARTS) is 1. The van der Waals surface area contributed by atoms with Crippen LogP contribution >= 0.6 is 0 Å². The van der Waals surface area contributed by atoms with Crippen molar-refractivity contribution in [3.8, 4) is 11.3 Å². The summed E-state index contributed by atoms with van der Waals surface area (Å²) in [6.07, 6.45) is 6.15. The van der Waals surface area contributed by atoms with E-state index in [0.29, 0.717) is 12.1 Å². The highest BCUT2D eigenvalue weighted by atomic mass is 16.4. The number of rotatable bonds is 9. The van der Waals surface area contributed by atoms with Crippen molar-refractivity contribution in [2.45, 2.75) is 32.4 Å². The number of nitrogens with one attached hydrogen (secondary N) is 1. The molecule has 9 heteroatoms. The normalized spacial score (nSPS) is 10.9. The molecule has 0 amide bonds. The Bertz CT molecular complexity index is 1350. The Morgan fingerprint density at radius 2 is 1.67 bits per heavy atom. The molecule has 33 heavy (non-hydrogen) atoms. The highest BCUT2D eigenvalue weighted by Crippen LogP contribution is 2.17. The predicted molar refractivity (Wildman–Crippen MR) is 122 cm³/mol. The van der Waals surface area contributed by atoms with Gasteiger partial charge in [0, 0.05) is 24.4 Å². The molecule has 4 rings (SSSR count). The van der Waals surface area contributed by atoms with E-state index in [1.54, 1.807) is 12.1 Å². The maximum absolute atomic E-state index is 11.8. The Labute approximate surface area is 189 Å². The minimum absolute atomic E-state index is 0.298. The molecule has 4 aromatic rings. The van der Waals surface area contributed by atoms with Gasteiger partial charge < -0.3 is 5.11 Å². The van der Waals surface area contributed by atoms with E-state index < -0.39 is 17.2 Å². The third-order valence-corrected chi connectivity index (χ3v) is 5.34. The highest BCUT2D eigenvalue weighted by molar-refractivity contribution is 5.87. The van der Waals surface area contributed by atoms with E-state index in [1.165, 1.54) is 16.8 Å². The van der Waals surface area contributed by atoms with Crippen LogP contribution < -0.4 is 11.2 Å². The van der Waals surface area contributed by atoms with Crippen molar-refractivity contribution in [1.82, 2.24) is 24.5 Å². The van der Waals surface area contributed by atoms with Crippen LogP contribution in [0, 0.1) is 0 Å². The summed E-state index contributed by atoms with van der Waals surface area (Å²) in [6.45, 7) is 1.11. The van der Waals surface area contributed by atoms with Crippen LogP contribution in [0.2, 0.25) is 0 Å². The molecule has 0 aliphatic heterocycles. The first-order valence-corrected chi connectivity index (χ1v) is 10.6. The lowest BCUT2D eigenvalue weighted by Crippen LogP contribution is -2.28. The van der Waals surface area contributed by atoms with E-state index in [-0.39, 0.29) is 0 Å². The van der Waals surface area contributed by atoms with Gasteiger partial charge >= 0.3 is 11.7 Å². The molecule has 2 heterocycles. The lowest BCUT2D eigenvalue weighted by molar-refractivity contribution is 0.0697. The number of hydrogen-bond donors (Lipinski definition) is 2. The van der Waals surface area contributed by atoms with Gasteiger partial charge in [-0.05, 0) is 42.5 Å². The number of aryl methyl sites for hydroxylation is 2. The predicted octanol–water partition coefficient (Wildman–Crippen LogP) is 2.56. The number of aromatic nitrogens is 5. The summed E-state index contributed by atoms with van der Waals surface area (Å²) in [5.41, 5.74) is 3.19. The lowest BCUT2D eigenvalue weighted by atomic mass is 10.1. The van der Waals surface area contributed by atoms with Crippen molar-refractivity contribution < 1.29 is 9.90 Å². The Morgan fingerprint density at radius 1 is 0.939 bits per heavy atom. The quantitative estimate of drug-likeness (QED) is 0.382. The van der Waals surface area contributed by atoms with Gasteiger partial charge in [0.05, 0.1) is 18.3 Å². The minimum atomic E-state index is -0.914. The first-order valence-electron chi connectivity index (χ1n) is 10.6. The van der Waals surface area contributed by atoms with Crippen molar-refractivity contribution in [3.63, 3.8) is 0 Å². The summed E-state index contributed by atoms with van der Waals surface area (Å²) >= 11 is 0. The van der Waals surface area contributed by atoms with E-state index in [2.05, 4.69) is 15.3 Å². The Morgan fingerprint density at radius 3 is 2.36 bits per heavy atom. The standard InChI is InChI=1S/C24H23N5O4/c30-22-12-14-28(24(33)25-22)15-18-6-8-19(9-7-18)21-16-29(27-26-21)13-2-1-3-17-4-10-20(11-5-17)23(31)32/h4-12,14,16H,1-3,13,15H2,(H,31,32)(H,25,30,33). The number of aromatic carboxylic acids is 1. The van der Waals surface area contributed by atoms with Gasteiger partial charge in [-0.1, -0.05) is 41.6 Å². The fourth-order valence-electron chi connectivity index (χ4n) is 3.50. The average Bonchev–Trinajstić information content (AvgIpc) is 3.28. The Kier molecular flexibility index (Phi) is 6.58. The maximum Gasteiger partial charge on any atom is 0.335 e. The number of hydrogen-bond acceptors (Lipinski definition) is 5. The van der Waals surface area contributed by atoms with Gasteiger partial charge in [-0.3, -0.25) is 19.0 Å². The molecule has 0 saturated heterocycles. The van der Waals surface area contributed by atoms with Crippen molar-refractivity contribution >= 4 is 5.97 Å². The molecule has 0 bridgehead atoms. The van der Waals surface area contributed by atoms with Gasteiger partial charge in [0.2, 0.25) is 0 Å². The molecular weight excluding hydrogens is 422 g/mol. The number of nitrogens with zero attached hydrogens (tertiary/aromatic N) is 4. The van der Waals surface area contributed by atoms with Crippen LogP contribution in [0.15, 0.2) is 76.6 Å². The largest absolute Gasteiger partial charge is 0.478 e. The van der Waals surface area contributed by atoms with E-state index >= 15 is 0 Å². The van der Waals surface area contributed by atoms with Crippen LogP contribution in [0.25, 0.3) is 11.3 Å². The molecule has 0 unspecified atom stereocenters. The van der Waals surface area contributed by atoms with E-state index in [1.807, 2.05) is 47.3 Å². The molecule has 2 N–H and O–H groups in total. The third kappa shape index (κ3) is 5.70. The molecule has 2 aromatic carbocycles. The summed E-state index contributed by atoms with van der Waals surface area (Å²) in [7, 11) is 0. The van der Waals surface area contributed by atoms with Crippen LogP contribution in [0.1, 0.15) is 34.3 Å². The van der Waals surface area contributed by atoms with Crippen molar-refractivity contribution in [1.29, 1.82) is 0 Å². The molecule has 0 atom stereocenters. The zero-order valence-electron chi connectivity index (χ0n) is 17.8. The van der Waals surface area contributed by atoms with Gasteiger partial charge in [-0.25, -0.2) is 9.59 Å². The molecular formula is C24H23N5O4. The second-order valence-electron chi connectivity index (χ2n) is 7.76. The van der Waals surface area contributed by atoms with E-state index in [9.17, 15) is 14.4 Å². The van der Waals surface area contributed by atoms with E-state index in [0.717, 1.165) is 48.2 Å². The number of benzene rings is 2. The van der Waals surface area contributed by atoms with Gasteiger partial charge in [0.15, 0.2) is 0 Å². The molecule has 2 aromatic heterocycles. The second-order valence-corrected chi connectivity index (χ2v) is 7.76. The minimum Gasteiger partial charge on any atom is -0.478 e. The average molecular weight is 445 g/mol. The summed E-state index contributed by atoms with van der Waals surface area (Å²) in [5, 5.41) is 17.4. The maximum atomic E-state index is 11.8. The zero-order valence-corrected chi connectivity index (χ0v) is 17.8. The van der Waals surface area contributed by atoms with Crippen LogP contribution in [-0.4, -0.2) is 35.6 Å². The van der Waals surface area contributed by atoms with Gasteiger partial charge in [0.25, 0.3) is 5.56 Å². The number of unbranched alkanes of at least 4 members (excludes halogenated alkanes) is 1. The summed E-state index contributed by atoms with van der Waals surface area (Å²) < 4.78 is 3.25. The number of aromatic amines is 1. The lowest BCUT2D eigenvalue weighted by Gasteiger charge is -2.05. The molecule has 0 spiro atoms. The Balaban J connectivity index is 1.29. The molecule has 0 saturated carbocycles. The van der Waals surface area contributed by atoms with E-state index in [4.69, 9.17) is 5.11 Å². The highest BCUT2D eigenvalue weighted by Gasteiger charge is 2.06. The summed E-state index contributed by atoms with van der Waals surface area (Å²) in [5.74, 6) is -0.914. The summed E-state index contributed by atoms with van der Waals surface area (Å²) in [6, 6.07) is 16.0. The third-order valence-electron chi connectivity index (χ3n) is 5.34. The topological polar surface area (TPSA) is 123 Å². The number of H-pyrrole nitrogens is 1. The molecule has 0 aliphatic carbocycles. The van der Waals surface area contributed by atoms with Crippen molar-refractivity contribution in [2.24, 2.45) is 0 Å². The smallest absolute Gasteiger partial charge is 0.335 e. The van der Waals surface area contributed by atoms with Crippen LogP contribution in [0.4, 0.5) is 0 Å². The monoisotopic (exact) mass is 445 g/mol. The molecule has 0 radical (unpaired) electrons. The molecule has 0 aliphatic rings.